The van der Waals surface area contributed by atoms with Gasteiger partial charge < -0.3 is 23.5 Å². The summed E-state index contributed by atoms with van der Waals surface area (Å²) in [7, 11) is 0. The molecule has 0 bridgehead atoms. The van der Waals surface area contributed by atoms with Gasteiger partial charge in [0.25, 0.3) is 0 Å². The van der Waals surface area contributed by atoms with Gasteiger partial charge in [0.05, 0.1) is 0 Å². The molecule has 3 heterocycles. The third kappa shape index (κ3) is 5.25. The highest BCUT2D eigenvalue weighted by atomic mass is 16.7. The maximum Gasteiger partial charge on any atom is 0.247 e. The lowest BCUT2D eigenvalue weighted by Gasteiger charge is -2.34. The van der Waals surface area contributed by atoms with E-state index in [0.717, 1.165) is 44.0 Å². The van der Waals surface area contributed by atoms with E-state index in [1.165, 1.54) is 0 Å². The number of aryl methyl sites for hydroxylation is 1. The topological polar surface area (TPSA) is 90.2 Å². The van der Waals surface area contributed by atoms with E-state index in [9.17, 15) is 4.79 Å². The molecule has 1 aromatic heterocycles. The number of amides is 1. The fourth-order valence-corrected chi connectivity index (χ4v) is 3.90. The second-order valence-corrected chi connectivity index (χ2v) is 7.95. The number of para-hydroxylation sites is 1. The predicted octanol–water partition coefficient (Wildman–Crippen LogP) is 2.62. The number of benzene rings is 2. The molecule has 0 spiro atoms. The van der Waals surface area contributed by atoms with E-state index >= 15 is 0 Å². The molecule has 1 saturated heterocycles. The highest BCUT2D eigenvalue weighted by Gasteiger charge is 2.22. The summed E-state index contributed by atoms with van der Waals surface area (Å²) in [6, 6.07) is 15.3. The molecule has 0 N–H and O–H groups in total. The first-order chi connectivity index (χ1) is 16.2. The van der Waals surface area contributed by atoms with Crippen molar-refractivity contribution in [3.05, 3.63) is 54.4 Å². The van der Waals surface area contributed by atoms with Crippen molar-refractivity contribution in [1.82, 2.24) is 20.0 Å². The van der Waals surface area contributed by atoms with Gasteiger partial charge in [0.2, 0.25) is 24.5 Å². The fourth-order valence-electron chi connectivity index (χ4n) is 3.90. The Hall–Kier alpha value is -3.59. The van der Waals surface area contributed by atoms with Gasteiger partial charge in [-0.05, 0) is 30.3 Å². The van der Waals surface area contributed by atoms with E-state index in [0.29, 0.717) is 42.7 Å². The fraction of sp³-hybridized carbons (Fsp3) is 0.375. The van der Waals surface area contributed by atoms with Crippen molar-refractivity contribution in [3.8, 4) is 28.7 Å². The molecule has 2 aliphatic heterocycles. The number of rotatable bonds is 8. The van der Waals surface area contributed by atoms with E-state index < -0.39 is 0 Å². The standard InChI is InChI=1S/C24H26N4O5/c29-23(28-12-10-27(11-13-28)14-15-30-19-4-2-1-3-5-19)9-8-22-25-26-24(33-22)18-6-7-20-21(16-18)32-17-31-20/h1-7,16H,8-15,17H2. The Balaban J connectivity index is 1.04. The Kier molecular flexibility index (Phi) is 6.39. The minimum atomic E-state index is 0.109. The lowest BCUT2D eigenvalue weighted by molar-refractivity contribution is -0.133. The van der Waals surface area contributed by atoms with Crippen LogP contribution in [0, 0.1) is 0 Å². The van der Waals surface area contributed by atoms with Crippen LogP contribution < -0.4 is 14.2 Å². The first-order valence-corrected chi connectivity index (χ1v) is 11.1. The number of piperazine rings is 1. The number of aromatic nitrogens is 2. The van der Waals surface area contributed by atoms with Gasteiger partial charge in [0, 0.05) is 51.1 Å². The van der Waals surface area contributed by atoms with Crippen molar-refractivity contribution in [2.45, 2.75) is 12.8 Å². The summed E-state index contributed by atoms with van der Waals surface area (Å²) in [6.07, 6.45) is 0.765. The molecule has 0 saturated carbocycles. The third-order valence-corrected chi connectivity index (χ3v) is 5.78. The monoisotopic (exact) mass is 450 g/mol. The second-order valence-electron chi connectivity index (χ2n) is 7.95. The minimum absolute atomic E-state index is 0.109. The molecule has 9 heteroatoms. The molecule has 172 valence electrons. The third-order valence-electron chi connectivity index (χ3n) is 5.78. The summed E-state index contributed by atoms with van der Waals surface area (Å²) in [5.74, 6) is 3.21. The first-order valence-electron chi connectivity index (χ1n) is 11.1. The van der Waals surface area contributed by atoms with Crippen molar-refractivity contribution in [2.75, 3.05) is 46.1 Å². The summed E-state index contributed by atoms with van der Waals surface area (Å²) < 4.78 is 22.2. The van der Waals surface area contributed by atoms with E-state index in [4.69, 9.17) is 18.6 Å². The molecule has 0 radical (unpaired) electrons. The number of hydrogen-bond acceptors (Lipinski definition) is 8. The molecule has 1 fully saturated rings. The van der Waals surface area contributed by atoms with Crippen LogP contribution in [0.4, 0.5) is 0 Å². The van der Waals surface area contributed by atoms with Gasteiger partial charge in [0.1, 0.15) is 12.4 Å². The van der Waals surface area contributed by atoms with Crippen LogP contribution in [-0.2, 0) is 11.2 Å². The number of carbonyl (C=O) groups excluding carboxylic acids is 1. The average Bonchev–Trinajstić information content (AvgIpc) is 3.53. The van der Waals surface area contributed by atoms with Gasteiger partial charge in [0.15, 0.2) is 11.5 Å². The zero-order chi connectivity index (χ0) is 22.5. The van der Waals surface area contributed by atoms with Crippen molar-refractivity contribution in [2.24, 2.45) is 0 Å². The van der Waals surface area contributed by atoms with Gasteiger partial charge in [-0.3, -0.25) is 9.69 Å². The van der Waals surface area contributed by atoms with E-state index in [1.54, 1.807) is 0 Å². The van der Waals surface area contributed by atoms with Crippen LogP contribution in [0.2, 0.25) is 0 Å². The summed E-state index contributed by atoms with van der Waals surface area (Å²) >= 11 is 0. The van der Waals surface area contributed by atoms with Crippen LogP contribution >= 0.6 is 0 Å². The molecule has 9 nitrogen and oxygen atoms in total. The van der Waals surface area contributed by atoms with Crippen LogP contribution in [-0.4, -0.2) is 72.0 Å². The van der Waals surface area contributed by atoms with Crippen molar-refractivity contribution in [1.29, 1.82) is 0 Å². The van der Waals surface area contributed by atoms with Gasteiger partial charge in [-0.25, -0.2) is 0 Å². The van der Waals surface area contributed by atoms with Crippen molar-refractivity contribution in [3.63, 3.8) is 0 Å². The molecule has 3 aromatic rings. The molecule has 0 unspecified atom stereocenters. The SMILES string of the molecule is O=C(CCc1nnc(-c2ccc3c(c2)OCO3)o1)N1CCN(CCOc2ccccc2)CC1. The highest BCUT2D eigenvalue weighted by molar-refractivity contribution is 5.76. The number of fused-ring (bicyclic) bond motifs is 1. The van der Waals surface area contributed by atoms with Crippen LogP contribution in [0.5, 0.6) is 17.2 Å². The Labute approximate surface area is 191 Å². The van der Waals surface area contributed by atoms with Crippen LogP contribution in [0.1, 0.15) is 12.3 Å². The normalized spacial score (nSPS) is 15.6. The summed E-state index contributed by atoms with van der Waals surface area (Å²) in [5.41, 5.74) is 0.761. The molecule has 0 aliphatic carbocycles. The number of hydrogen-bond donors (Lipinski definition) is 0. The number of carbonyl (C=O) groups is 1. The maximum atomic E-state index is 12.6. The molecular weight excluding hydrogens is 424 g/mol. The zero-order valence-corrected chi connectivity index (χ0v) is 18.3. The Morgan fingerprint density at radius 1 is 0.970 bits per heavy atom. The molecular formula is C24H26N4O5. The molecule has 2 aromatic carbocycles. The lowest BCUT2D eigenvalue weighted by Crippen LogP contribution is -2.49. The Bertz CT molecular complexity index is 1080. The second kappa shape index (κ2) is 9.91. The van der Waals surface area contributed by atoms with Crippen molar-refractivity contribution >= 4 is 5.91 Å². The van der Waals surface area contributed by atoms with Crippen LogP contribution in [0.25, 0.3) is 11.5 Å². The maximum absolute atomic E-state index is 12.6. The quantitative estimate of drug-likeness (QED) is 0.517. The van der Waals surface area contributed by atoms with Crippen LogP contribution in [0.3, 0.4) is 0 Å². The first kappa shape index (κ1) is 21.3. The molecule has 5 rings (SSSR count). The summed E-state index contributed by atoms with van der Waals surface area (Å²) in [6.45, 7) is 4.83. The smallest absolute Gasteiger partial charge is 0.247 e. The zero-order valence-electron chi connectivity index (χ0n) is 18.3. The van der Waals surface area contributed by atoms with E-state index in [2.05, 4.69) is 15.1 Å². The Morgan fingerprint density at radius 3 is 2.64 bits per heavy atom. The predicted molar refractivity (Wildman–Crippen MR) is 119 cm³/mol. The molecule has 33 heavy (non-hydrogen) atoms. The average molecular weight is 450 g/mol. The molecule has 1 amide bonds. The minimum Gasteiger partial charge on any atom is -0.492 e. The van der Waals surface area contributed by atoms with Gasteiger partial charge in [-0.1, -0.05) is 18.2 Å². The lowest BCUT2D eigenvalue weighted by atomic mass is 10.2. The van der Waals surface area contributed by atoms with E-state index in [1.807, 2.05) is 53.4 Å². The Morgan fingerprint density at radius 2 is 1.79 bits per heavy atom. The highest BCUT2D eigenvalue weighted by Crippen LogP contribution is 2.35. The van der Waals surface area contributed by atoms with E-state index in [-0.39, 0.29) is 12.7 Å². The number of ether oxygens (including phenoxy) is 3. The molecule has 2 aliphatic rings. The van der Waals surface area contributed by atoms with Gasteiger partial charge in [-0.2, -0.15) is 0 Å². The van der Waals surface area contributed by atoms with Gasteiger partial charge >= 0.3 is 0 Å². The van der Waals surface area contributed by atoms with Crippen molar-refractivity contribution < 1.29 is 23.4 Å². The number of nitrogens with zero attached hydrogens (tertiary/aromatic N) is 4. The summed E-state index contributed by atoms with van der Waals surface area (Å²) in [4.78, 5) is 16.9. The molecule has 0 atom stereocenters. The largest absolute Gasteiger partial charge is 0.492 e. The van der Waals surface area contributed by atoms with Crippen LogP contribution in [0.15, 0.2) is 52.9 Å². The van der Waals surface area contributed by atoms with Gasteiger partial charge in [-0.15, -0.1) is 10.2 Å². The summed E-state index contributed by atoms with van der Waals surface area (Å²) in [5, 5.41) is 8.20.